The van der Waals surface area contributed by atoms with Crippen molar-refractivity contribution in [1.29, 1.82) is 0 Å². The van der Waals surface area contributed by atoms with E-state index in [1.807, 2.05) is 110 Å². The molecule has 1 aliphatic heterocycles. The van der Waals surface area contributed by atoms with Gasteiger partial charge >= 0.3 is 0 Å². The third kappa shape index (κ3) is 5.37. The maximum atomic E-state index is 13.6. The number of carbonyl (C=O) groups is 2. The first kappa shape index (κ1) is 28.2. The summed E-state index contributed by atoms with van der Waals surface area (Å²) in [5.74, 6) is -0.794. The number of amides is 2. The number of rotatable bonds is 7. The van der Waals surface area contributed by atoms with Crippen LogP contribution in [0.5, 0.6) is 0 Å². The average molecular weight is 590 g/mol. The van der Waals surface area contributed by atoms with Crippen LogP contribution in [0.3, 0.4) is 0 Å². The van der Waals surface area contributed by atoms with Crippen molar-refractivity contribution in [2.75, 3.05) is 21.6 Å². The molecule has 0 fully saturated rings. The highest BCUT2D eigenvalue weighted by atomic mass is 32.2. The van der Waals surface area contributed by atoms with Crippen LogP contribution in [0, 0.1) is 0 Å². The van der Waals surface area contributed by atoms with E-state index in [1.54, 1.807) is 18.0 Å². The summed E-state index contributed by atoms with van der Waals surface area (Å²) in [6.45, 7) is 2.02. The fourth-order valence-corrected chi connectivity index (χ4v) is 6.99. The molecule has 0 atom stereocenters. The molecule has 1 heterocycles. The van der Waals surface area contributed by atoms with Gasteiger partial charge in [0.1, 0.15) is 6.42 Å². The zero-order valence-electron chi connectivity index (χ0n) is 23.9. The summed E-state index contributed by atoms with van der Waals surface area (Å²) < 4.78 is 28.5. The number of aryl methyl sites for hydroxylation is 1. The van der Waals surface area contributed by atoms with Crippen molar-refractivity contribution in [2.24, 2.45) is 0 Å². The predicted octanol–water partition coefficient (Wildman–Crippen LogP) is 7.04. The second-order valence-electron chi connectivity index (χ2n) is 10.5. The Labute approximate surface area is 251 Å². The SMILES string of the molecule is CCc1ccccc1CS(=O)(=O)N(C)c1ccccc1-c1ccc(N2C(=O)CC(=O)Nc3c2ccc2ccccc32)cc1. The Bertz CT molecular complexity index is 1970. The molecule has 5 aromatic rings. The quantitative estimate of drug-likeness (QED) is 0.206. The van der Waals surface area contributed by atoms with Gasteiger partial charge in [-0.25, -0.2) is 8.42 Å². The number of para-hydroxylation sites is 1. The third-order valence-corrected chi connectivity index (χ3v) is 9.61. The van der Waals surface area contributed by atoms with Crippen molar-refractivity contribution in [3.05, 3.63) is 120 Å². The minimum absolute atomic E-state index is 0.0985. The number of carbonyl (C=O) groups excluding carboxylic acids is 2. The summed E-state index contributed by atoms with van der Waals surface area (Å²) in [6, 6.07) is 33.9. The summed E-state index contributed by atoms with van der Waals surface area (Å²) in [6.07, 6.45) is 0.472. The maximum Gasteiger partial charge on any atom is 0.241 e. The predicted molar refractivity (Wildman–Crippen MR) is 173 cm³/mol. The highest BCUT2D eigenvalue weighted by molar-refractivity contribution is 7.92. The number of sulfonamides is 1. The highest BCUT2D eigenvalue weighted by Gasteiger charge is 2.29. The molecular weight excluding hydrogens is 558 g/mol. The van der Waals surface area contributed by atoms with Gasteiger partial charge in [0, 0.05) is 23.7 Å². The van der Waals surface area contributed by atoms with Crippen LogP contribution in [0.4, 0.5) is 22.7 Å². The lowest BCUT2D eigenvalue weighted by molar-refractivity contribution is -0.124. The molecule has 1 N–H and O–H groups in total. The minimum atomic E-state index is -3.68. The molecule has 8 heteroatoms. The van der Waals surface area contributed by atoms with Crippen LogP contribution in [-0.4, -0.2) is 27.3 Å². The van der Waals surface area contributed by atoms with Gasteiger partial charge in [0.05, 0.1) is 22.8 Å². The van der Waals surface area contributed by atoms with Crippen LogP contribution in [0.1, 0.15) is 24.5 Å². The van der Waals surface area contributed by atoms with E-state index in [2.05, 4.69) is 5.32 Å². The number of hydrogen-bond acceptors (Lipinski definition) is 4. The largest absolute Gasteiger partial charge is 0.323 e. The summed E-state index contributed by atoms with van der Waals surface area (Å²) in [4.78, 5) is 27.5. The zero-order valence-corrected chi connectivity index (χ0v) is 24.8. The van der Waals surface area contributed by atoms with Gasteiger partial charge in [-0.05, 0) is 52.8 Å². The standard InChI is InChI=1S/C35H31N3O4S/c1-3-24-10-4-5-12-27(24)23-43(41,42)37(2)31-15-9-8-13-29(31)26-16-19-28(20-17-26)38-32-21-18-25-11-6-7-14-30(25)35(32)36-33(39)22-34(38)40/h4-21H,3,22-23H2,1-2H3,(H,36,39). The molecule has 2 amide bonds. The number of anilines is 4. The average Bonchev–Trinajstić information content (AvgIpc) is 3.15. The Morgan fingerprint density at radius 1 is 0.791 bits per heavy atom. The van der Waals surface area contributed by atoms with Crippen LogP contribution in [0.2, 0.25) is 0 Å². The van der Waals surface area contributed by atoms with Gasteiger partial charge in [0.2, 0.25) is 21.8 Å². The molecule has 5 aromatic carbocycles. The van der Waals surface area contributed by atoms with E-state index in [1.165, 1.54) is 4.31 Å². The van der Waals surface area contributed by atoms with Crippen molar-refractivity contribution in [1.82, 2.24) is 0 Å². The molecule has 0 aliphatic carbocycles. The van der Waals surface area contributed by atoms with E-state index in [4.69, 9.17) is 0 Å². The second-order valence-corrected chi connectivity index (χ2v) is 12.5. The summed E-state index contributed by atoms with van der Waals surface area (Å²) in [5.41, 5.74) is 5.71. The molecule has 1 aliphatic rings. The van der Waals surface area contributed by atoms with Gasteiger partial charge in [0.15, 0.2) is 0 Å². The number of hydrogen-bond donors (Lipinski definition) is 1. The first-order chi connectivity index (χ1) is 20.8. The van der Waals surface area contributed by atoms with Crippen LogP contribution >= 0.6 is 0 Å². The number of nitrogens with zero attached hydrogens (tertiary/aromatic N) is 2. The van der Waals surface area contributed by atoms with Gasteiger partial charge in [-0.2, -0.15) is 0 Å². The van der Waals surface area contributed by atoms with Gasteiger partial charge in [-0.3, -0.25) is 18.8 Å². The molecular formula is C35H31N3O4S. The zero-order chi connectivity index (χ0) is 30.1. The van der Waals surface area contributed by atoms with Gasteiger partial charge < -0.3 is 5.32 Å². The van der Waals surface area contributed by atoms with E-state index in [9.17, 15) is 18.0 Å². The Morgan fingerprint density at radius 2 is 1.47 bits per heavy atom. The topological polar surface area (TPSA) is 86.8 Å². The van der Waals surface area contributed by atoms with Crippen molar-refractivity contribution < 1.29 is 18.0 Å². The normalized spacial score (nSPS) is 13.4. The highest BCUT2D eigenvalue weighted by Crippen LogP contribution is 2.41. The minimum Gasteiger partial charge on any atom is -0.323 e. The first-order valence-corrected chi connectivity index (χ1v) is 15.7. The molecule has 7 nitrogen and oxygen atoms in total. The Morgan fingerprint density at radius 3 is 2.23 bits per heavy atom. The Hall–Kier alpha value is -4.95. The summed E-state index contributed by atoms with van der Waals surface area (Å²) >= 11 is 0. The molecule has 43 heavy (non-hydrogen) atoms. The van der Waals surface area contributed by atoms with Crippen molar-refractivity contribution in [3.8, 4) is 11.1 Å². The number of fused-ring (bicyclic) bond motifs is 3. The van der Waals surface area contributed by atoms with E-state index < -0.39 is 10.0 Å². The van der Waals surface area contributed by atoms with Crippen LogP contribution in [-0.2, 0) is 31.8 Å². The lowest BCUT2D eigenvalue weighted by atomic mass is 10.0. The molecule has 0 saturated heterocycles. The summed E-state index contributed by atoms with van der Waals surface area (Å²) in [5, 5.41) is 4.74. The van der Waals surface area contributed by atoms with E-state index in [-0.39, 0.29) is 24.0 Å². The Balaban J connectivity index is 1.35. The monoisotopic (exact) mass is 589 g/mol. The lowest BCUT2D eigenvalue weighted by Crippen LogP contribution is -2.28. The molecule has 0 aromatic heterocycles. The van der Waals surface area contributed by atoms with Gasteiger partial charge in [-0.15, -0.1) is 0 Å². The Kier molecular flexibility index (Phi) is 7.46. The van der Waals surface area contributed by atoms with Crippen LogP contribution in [0.15, 0.2) is 109 Å². The smallest absolute Gasteiger partial charge is 0.241 e. The maximum absolute atomic E-state index is 13.6. The fourth-order valence-electron chi connectivity index (χ4n) is 5.66. The van der Waals surface area contributed by atoms with Crippen molar-refractivity contribution >= 4 is 55.4 Å². The third-order valence-electron chi connectivity index (χ3n) is 7.91. The molecule has 216 valence electrons. The van der Waals surface area contributed by atoms with Gasteiger partial charge in [-0.1, -0.05) is 91.9 Å². The molecule has 0 radical (unpaired) electrons. The first-order valence-electron chi connectivity index (χ1n) is 14.1. The van der Waals surface area contributed by atoms with Gasteiger partial charge in [0.25, 0.3) is 0 Å². The second kappa shape index (κ2) is 11.4. The summed E-state index contributed by atoms with van der Waals surface area (Å²) in [7, 11) is -2.10. The van der Waals surface area contributed by atoms with Crippen molar-refractivity contribution in [2.45, 2.75) is 25.5 Å². The number of benzene rings is 5. The van der Waals surface area contributed by atoms with E-state index >= 15 is 0 Å². The van der Waals surface area contributed by atoms with E-state index in [0.29, 0.717) is 22.7 Å². The number of nitrogens with one attached hydrogen (secondary N) is 1. The fraction of sp³-hybridized carbons (Fsp3) is 0.143. The van der Waals surface area contributed by atoms with Crippen molar-refractivity contribution in [3.63, 3.8) is 0 Å². The van der Waals surface area contributed by atoms with Crippen LogP contribution in [0.25, 0.3) is 21.9 Å². The lowest BCUT2D eigenvalue weighted by Gasteiger charge is -2.25. The molecule has 0 unspecified atom stereocenters. The molecule has 0 saturated carbocycles. The molecule has 0 bridgehead atoms. The van der Waals surface area contributed by atoms with E-state index in [0.717, 1.165) is 39.4 Å². The molecule has 0 spiro atoms. The van der Waals surface area contributed by atoms with Crippen LogP contribution < -0.4 is 14.5 Å². The molecule has 6 rings (SSSR count).